The van der Waals surface area contributed by atoms with E-state index in [-0.39, 0.29) is 19.1 Å². The van der Waals surface area contributed by atoms with Crippen LogP contribution in [0.25, 0.3) is 0 Å². The Hall–Kier alpha value is -1.28. The minimum absolute atomic E-state index is 0.0553. The van der Waals surface area contributed by atoms with E-state index < -0.39 is 20.0 Å². The average Bonchev–Trinajstić information content (AvgIpc) is 3.39. The van der Waals surface area contributed by atoms with Gasteiger partial charge in [0.1, 0.15) is 13.2 Å². The molecule has 0 fully saturated rings. The van der Waals surface area contributed by atoms with Crippen LogP contribution < -0.4 is 5.32 Å². The fourth-order valence-corrected chi connectivity index (χ4v) is 11.1. The number of carbonyl (C=O) groups is 1. The molecular formula is C68H134N2O6P+. The number of hydrogen-bond donors (Lipinski definition) is 3. The Labute approximate surface area is 480 Å². The van der Waals surface area contributed by atoms with E-state index in [9.17, 15) is 19.4 Å². The van der Waals surface area contributed by atoms with Crippen LogP contribution in [0.15, 0.2) is 36.5 Å². The molecule has 3 unspecified atom stereocenters. The van der Waals surface area contributed by atoms with Crippen molar-refractivity contribution in [3.8, 4) is 0 Å². The van der Waals surface area contributed by atoms with E-state index in [0.717, 1.165) is 44.9 Å². The van der Waals surface area contributed by atoms with Gasteiger partial charge in [-0.05, 0) is 44.9 Å². The van der Waals surface area contributed by atoms with E-state index in [1.807, 2.05) is 27.2 Å². The van der Waals surface area contributed by atoms with Gasteiger partial charge < -0.3 is 19.8 Å². The predicted octanol–water partition coefficient (Wildman–Crippen LogP) is 21.3. The summed E-state index contributed by atoms with van der Waals surface area (Å²) in [5, 5.41) is 14.0. The van der Waals surface area contributed by atoms with Crippen molar-refractivity contribution in [3.63, 3.8) is 0 Å². The number of hydrogen-bond acceptors (Lipinski definition) is 5. The van der Waals surface area contributed by atoms with Gasteiger partial charge in [0.05, 0.1) is 39.9 Å². The molecule has 77 heavy (non-hydrogen) atoms. The zero-order valence-corrected chi connectivity index (χ0v) is 53.1. The number of allylic oxidation sites excluding steroid dienone is 5. The van der Waals surface area contributed by atoms with Gasteiger partial charge in [-0.2, -0.15) is 0 Å². The highest BCUT2D eigenvalue weighted by Crippen LogP contribution is 2.43. The lowest BCUT2D eigenvalue weighted by molar-refractivity contribution is -0.870. The number of unbranched alkanes of at least 4 members (excludes halogenated alkanes) is 46. The van der Waals surface area contributed by atoms with Gasteiger partial charge in [-0.3, -0.25) is 13.8 Å². The second kappa shape index (κ2) is 59.3. The third kappa shape index (κ3) is 62.2. The third-order valence-electron chi connectivity index (χ3n) is 15.6. The molecular weight excluding hydrogens is 972 g/mol. The summed E-state index contributed by atoms with van der Waals surface area (Å²) in [4.78, 5) is 23.4. The quantitative estimate of drug-likeness (QED) is 0.0243. The van der Waals surface area contributed by atoms with Crippen molar-refractivity contribution in [2.75, 3.05) is 40.9 Å². The van der Waals surface area contributed by atoms with Crippen molar-refractivity contribution < 1.29 is 32.9 Å². The van der Waals surface area contributed by atoms with E-state index in [1.54, 1.807) is 6.08 Å². The van der Waals surface area contributed by atoms with Crippen LogP contribution >= 0.6 is 7.82 Å². The van der Waals surface area contributed by atoms with E-state index >= 15 is 0 Å². The summed E-state index contributed by atoms with van der Waals surface area (Å²) in [6.45, 7) is 4.84. The van der Waals surface area contributed by atoms with Crippen LogP contribution in [0.2, 0.25) is 0 Å². The Morgan fingerprint density at radius 2 is 0.714 bits per heavy atom. The van der Waals surface area contributed by atoms with Crippen LogP contribution in [0, 0.1) is 0 Å². The molecule has 456 valence electrons. The molecule has 8 nitrogen and oxygen atoms in total. The molecule has 9 heteroatoms. The normalized spacial score (nSPS) is 13.9. The minimum Gasteiger partial charge on any atom is -0.387 e. The fraction of sp³-hybridized carbons (Fsp3) is 0.897. The molecule has 3 N–H and O–H groups in total. The van der Waals surface area contributed by atoms with Gasteiger partial charge in [-0.15, -0.1) is 0 Å². The summed E-state index contributed by atoms with van der Waals surface area (Å²) in [5.41, 5.74) is 0. The number of quaternary nitrogens is 1. The number of carbonyl (C=O) groups excluding carboxylic acids is 1. The highest BCUT2D eigenvalue weighted by Gasteiger charge is 2.28. The number of nitrogens with one attached hydrogen (secondary N) is 1. The molecule has 0 aliphatic rings. The molecule has 0 radical (unpaired) electrons. The van der Waals surface area contributed by atoms with Crippen molar-refractivity contribution >= 4 is 13.7 Å². The predicted molar refractivity (Wildman–Crippen MR) is 337 cm³/mol. The van der Waals surface area contributed by atoms with Crippen molar-refractivity contribution in [2.45, 2.75) is 353 Å². The van der Waals surface area contributed by atoms with Gasteiger partial charge in [-0.1, -0.05) is 326 Å². The largest absolute Gasteiger partial charge is 0.472 e. The smallest absolute Gasteiger partial charge is 0.387 e. The molecule has 0 heterocycles. The van der Waals surface area contributed by atoms with Gasteiger partial charge >= 0.3 is 7.82 Å². The van der Waals surface area contributed by atoms with Crippen LogP contribution in [-0.2, 0) is 18.4 Å². The zero-order chi connectivity index (χ0) is 56.3. The molecule has 1 amide bonds. The first-order chi connectivity index (χ1) is 37.5. The molecule has 3 atom stereocenters. The topological polar surface area (TPSA) is 105 Å². The summed E-state index contributed by atoms with van der Waals surface area (Å²) in [6.07, 6.45) is 78.7. The standard InChI is InChI=1S/C68H133N2O6P/c1-6-8-10-12-14-16-18-20-22-24-26-28-29-30-31-32-33-34-35-36-37-38-39-40-42-44-46-48-50-52-54-56-58-60-62-68(72)69-66(65-76-77(73,74)75-64-63-70(3,4)5)67(71)61-59-57-55-53-51-49-47-45-43-41-27-25-23-21-19-17-15-13-11-9-7-2/h43,45,51,53,59,61,66-67,71H,6-42,44,46-50,52,54-58,60,62-65H2,1-5H3,(H-,69,72,73,74)/p+1/b45-43+,53-51+,61-59+. The maximum Gasteiger partial charge on any atom is 0.472 e. The van der Waals surface area contributed by atoms with Crippen LogP contribution in [-0.4, -0.2) is 73.4 Å². The molecule has 0 aliphatic carbocycles. The number of aliphatic hydroxyl groups excluding tert-OH is 1. The summed E-state index contributed by atoms with van der Waals surface area (Å²) in [7, 11) is 1.56. The molecule has 0 aliphatic heterocycles. The van der Waals surface area contributed by atoms with Gasteiger partial charge in [0.15, 0.2) is 0 Å². The van der Waals surface area contributed by atoms with Crippen molar-refractivity contribution in [1.29, 1.82) is 0 Å². The number of phosphoric ester groups is 1. The highest BCUT2D eigenvalue weighted by molar-refractivity contribution is 7.47. The Morgan fingerprint density at radius 1 is 0.429 bits per heavy atom. The first kappa shape index (κ1) is 75.7. The van der Waals surface area contributed by atoms with E-state index in [1.165, 1.54) is 276 Å². The first-order valence-electron chi connectivity index (χ1n) is 33.9. The van der Waals surface area contributed by atoms with Crippen LogP contribution in [0.3, 0.4) is 0 Å². The Bertz CT molecular complexity index is 1350. The molecule has 0 aromatic carbocycles. The van der Waals surface area contributed by atoms with E-state index in [0.29, 0.717) is 17.4 Å². The van der Waals surface area contributed by atoms with E-state index in [4.69, 9.17) is 9.05 Å². The van der Waals surface area contributed by atoms with Crippen molar-refractivity contribution in [3.05, 3.63) is 36.5 Å². The van der Waals surface area contributed by atoms with Crippen LogP contribution in [0.1, 0.15) is 341 Å². The summed E-state index contributed by atoms with van der Waals surface area (Å²) in [6, 6.07) is -0.869. The van der Waals surface area contributed by atoms with Crippen molar-refractivity contribution in [1.82, 2.24) is 5.32 Å². The molecule has 0 spiro atoms. The summed E-state index contributed by atoms with van der Waals surface area (Å²) < 4.78 is 23.8. The lowest BCUT2D eigenvalue weighted by atomic mass is 10.0. The van der Waals surface area contributed by atoms with Gasteiger partial charge in [0.25, 0.3) is 0 Å². The molecule has 0 aromatic heterocycles. The second-order valence-electron chi connectivity index (χ2n) is 24.5. The van der Waals surface area contributed by atoms with Gasteiger partial charge in [0, 0.05) is 6.42 Å². The van der Waals surface area contributed by atoms with Crippen LogP contribution in [0.5, 0.6) is 0 Å². The SMILES string of the molecule is CCCCCCCCCCCCC/C=C/CC/C=C/CC/C=C/C(O)C(COP(=O)(O)OCC[N+](C)(C)C)NC(=O)CCCCCCCCCCCCCCCCCCCCCCCCCCCCCCCCCCCC. The molecule has 0 saturated heterocycles. The number of rotatable bonds is 63. The Balaban J connectivity index is 4.04. The maximum absolute atomic E-state index is 13.0. The number of amides is 1. The maximum atomic E-state index is 13.0. The Kier molecular flexibility index (Phi) is 58.4. The monoisotopic (exact) mass is 1110 g/mol. The first-order valence-corrected chi connectivity index (χ1v) is 35.4. The Morgan fingerprint density at radius 3 is 1.04 bits per heavy atom. The number of aliphatic hydroxyl groups is 1. The van der Waals surface area contributed by atoms with Gasteiger partial charge in [0.2, 0.25) is 5.91 Å². The lowest BCUT2D eigenvalue weighted by Crippen LogP contribution is -2.45. The average molecular weight is 1110 g/mol. The lowest BCUT2D eigenvalue weighted by Gasteiger charge is -2.25. The zero-order valence-electron chi connectivity index (χ0n) is 52.2. The number of likely N-dealkylation sites (N-methyl/N-ethyl adjacent to an activating group) is 1. The summed E-state index contributed by atoms with van der Waals surface area (Å²) >= 11 is 0. The molecule has 0 rings (SSSR count). The molecule has 0 aromatic rings. The number of phosphoric acid groups is 1. The van der Waals surface area contributed by atoms with E-state index in [2.05, 4.69) is 43.5 Å². The van der Waals surface area contributed by atoms with Crippen molar-refractivity contribution in [2.24, 2.45) is 0 Å². The molecule has 0 saturated carbocycles. The fourth-order valence-electron chi connectivity index (χ4n) is 10.3. The van der Waals surface area contributed by atoms with Crippen LogP contribution in [0.4, 0.5) is 0 Å². The number of nitrogens with zero attached hydrogens (tertiary/aromatic N) is 1. The van der Waals surface area contributed by atoms with Gasteiger partial charge in [-0.25, -0.2) is 4.57 Å². The second-order valence-corrected chi connectivity index (χ2v) is 26.0. The third-order valence-corrected chi connectivity index (χ3v) is 16.6. The highest BCUT2D eigenvalue weighted by atomic mass is 31.2. The summed E-state index contributed by atoms with van der Waals surface area (Å²) in [5.74, 6) is -0.184. The minimum atomic E-state index is -4.36. The molecule has 0 bridgehead atoms.